The molecule has 1 aromatic rings. The summed E-state index contributed by atoms with van der Waals surface area (Å²) in [6.07, 6.45) is 3.05. The number of carbonyl (C=O) groups is 1. The molecule has 0 unspecified atom stereocenters. The summed E-state index contributed by atoms with van der Waals surface area (Å²) < 4.78 is 16.6. The zero-order valence-corrected chi connectivity index (χ0v) is 13.8. The molecule has 1 N–H and O–H groups in total. The lowest BCUT2D eigenvalue weighted by atomic mass is 10.0. The number of nitrogens with zero attached hydrogens (tertiary/aromatic N) is 1. The molecular formula is C18H24N2O4. The van der Waals surface area contributed by atoms with Gasteiger partial charge in [0.15, 0.2) is 11.5 Å². The van der Waals surface area contributed by atoms with E-state index in [0.29, 0.717) is 25.7 Å². The van der Waals surface area contributed by atoms with E-state index in [1.54, 1.807) is 0 Å². The van der Waals surface area contributed by atoms with Gasteiger partial charge in [0.1, 0.15) is 13.2 Å². The number of amides is 2. The van der Waals surface area contributed by atoms with Crippen molar-refractivity contribution in [3.63, 3.8) is 0 Å². The number of carbonyl (C=O) groups excluding carboxylic acids is 1. The van der Waals surface area contributed by atoms with Crippen molar-refractivity contribution < 1.29 is 19.0 Å². The number of rotatable bonds is 3. The topological polar surface area (TPSA) is 60.0 Å². The Morgan fingerprint density at radius 2 is 2.04 bits per heavy atom. The van der Waals surface area contributed by atoms with Gasteiger partial charge in [-0.2, -0.15) is 0 Å². The zero-order chi connectivity index (χ0) is 16.4. The van der Waals surface area contributed by atoms with Crippen LogP contribution in [-0.4, -0.2) is 50.4 Å². The SMILES string of the molecule is O=C(NC[C@@H]1CCOC1)N1CCC[C@@H]1c1ccc2c(c1)OCCO2. The largest absolute Gasteiger partial charge is 0.486 e. The molecule has 0 bridgehead atoms. The normalized spacial score (nSPS) is 25.8. The van der Waals surface area contributed by atoms with E-state index in [4.69, 9.17) is 14.2 Å². The fraction of sp³-hybridized carbons (Fsp3) is 0.611. The van der Waals surface area contributed by atoms with Crippen LogP contribution in [0, 0.1) is 5.92 Å². The second-order valence-corrected chi connectivity index (χ2v) is 6.67. The second-order valence-electron chi connectivity index (χ2n) is 6.67. The minimum Gasteiger partial charge on any atom is -0.486 e. The summed E-state index contributed by atoms with van der Waals surface area (Å²) in [6.45, 7) is 4.23. The quantitative estimate of drug-likeness (QED) is 0.923. The molecule has 2 saturated heterocycles. The Bertz CT molecular complexity index is 601. The van der Waals surface area contributed by atoms with Gasteiger partial charge in [0.05, 0.1) is 12.6 Å². The lowest BCUT2D eigenvalue weighted by Crippen LogP contribution is -2.41. The number of nitrogens with one attached hydrogen (secondary N) is 1. The molecule has 0 radical (unpaired) electrons. The van der Waals surface area contributed by atoms with Crippen LogP contribution >= 0.6 is 0 Å². The first-order chi connectivity index (χ1) is 11.8. The summed E-state index contributed by atoms with van der Waals surface area (Å²) >= 11 is 0. The van der Waals surface area contributed by atoms with Crippen molar-refractivity contribution in [2.24, 2.45) is 5.92 Å². The van der Waals surface area contributed by atoms with Crippen molar-refractivity contribution in [1.29, 1.82) is 0 Å². The molecule has 6 nitrogen and oxygen atoms in total. The summed E-state index contributed by atoms with van der Waals surface area (Å²) in [5.41, 5.74) is 1.12. The van der Waals surface area contributed by atoms with Gasteiger partial charge in [-0.05, 0) is 37.0 Å². The molecule has 3 aliphatic rings. The van der Waals surface area contributed by atoms with Crippen LogP contribution < -0.4 is 14.8 Å². The van der Waals surface area contributed by atoms with Gasteiger partial charge < -0.3 is 24.4 Å². The molecule has 2 atom stereocenters. The molecule has 24 heavy (non-hydrogen) atoms. The third kappa shape index (κ3) is 3.15. The highest BCUT2D eigenvalue weighted by atomic mass is 16.6. The Morgan fingerprint density at radius 3 is 2.88 bits per heavy atom. The van der Waals surface area contributed by atoms with Crippen LogP contribution in [0.3, 0.4) is 0 Å². The first-order valence-electron chi connectivity index (χ1n) is 8.83. The van der Waals surface area contributed by atoms with E-state index < -0.39 is 0 Å². The fourth-order valence-electron chi connectivity index (χ4n) is 3.70. The van der Waals surface area contributed by atoms with Crippen LogP contribution in [0.15, 0.2) is 18.2 Å². The predicted octanol–water partition coefficient (Wildman–Crippen LogP) is 2.34. The van der Waals surface area contributed by atoms with Gasteiger partial charge in [-0.3, -0.25) is 0 Å². The third-order valence-corrected chi connectivity index (χ3v) is 5.03. The van der Waals surface area contributed by atoms with Gasteiger partial charge in [0.2, 0.25) is 0 Å². The molecule has 0 spiro atoms. The molecule has 1 aromatic carbocycles. The number of fused-ring (bicyclic) bond motifs is 1. The minimum atomic E-state index is 0.0271. The number of ether oxygens (including phenoxy) is 3. The van der Waals surface area contributed by atoms with Crippen molar-refractivity contribution in [2.45, 2.75) is 25.3 Å². The summed E-state index contributed by atoms with van der Waals surface area (Å²) in [5, 5.41) is 3.08. The number of urea groups is 1. The molecule has 0 aliphatic carbocycles. The van der Waals surface area contributed by atoms with Gasteiger partial charge >= 0.3 is 6.03 Å². The lowest BCUT2D eigenvalue weighted by Gasteiger charge is -2.27. The predicted molar refractivity (Wildman–Crippen MR) is 88.4 cm³/mol. The first kappa shape index (κ1) is 15.6. The van der Waals surface area contributed by atoms with E-state index in [9.17, 15) is 4.79 Å². The van der Waals surface area contributed by atoms with Crippen molar-refractivity contribution in [1.82, 2.24) is 10.2 Å². The molecule has 3 aliphatic heterocycles. The van der Waals surface area contributed by atoms with Crippen LogP contribution in [0.5, 0.6) is 11.5 Å². The average Bonchev–Trinajstić information content (AvgIpc) is 3.31. The Labute approximate surface area is 142 Å². The number of hydrogen-bond acceptors (Lipinski definition) is 4. The molecule has 2 fully saturated rings. The van der Waals surface area contributed by atoms with E-state index in [-0.39, 0.29) is 12.1 Å². The molecule has 6 heteroatoms. The van der Waals surface area contributed by atoms with E-state index in [2.05, 4.69) is 11.4 Å². The van der Waals surface area contributed by atoms with E-state index in [0.717, 1.165) is 56.1 Å². The minimum absolute atomic E-state index is 0.0271. The maximum absolute atomic E-state index is 12.6. The fourth-order valence-corrected chi connectivity index (χ4v) is 3.70. The maximum Gasteiger partial charge on any atom is 0.317 e. The Kier molecular flexibility index (Phi) is 4.47. The van der Waals surface area contributed by atoms with Crippen LogP contribution in [0.2, 0.25) is 0 Å². The summed E-state index contributed by atoms with van der Waals surface area (Å²) in [6, 6.07) is 6.16. The molecule has 3 heterocycles. The monoisotopic (exact) mass is 332 g/mol. The van der Waals surface area contributed by atoms with Crippen molar-refractivity contribution >= 4 is 6.03 Å². The first-order valence-corrected chi connectivity index (χ1v) is 8.83. The average molecular weight is 332 g/mol. The number of likely N-dealkylation sites (tertiary alicyclic amines) is 1. The molecule has 130 valence electrons. The van der Waals surface area contributed by atoms with Gasteiger partial charge in [-0.1, -0.05) is 6.07 Å². The molecule has 0 saturated carbocycles. The zero-order valence-electron chi connectivity index (χ0n) is 13.8. The van der Waals surface area contributed by atoms with Crippen molar-refractivity contribution in [3.8, 4) is 11.5 Å². The number of hydrogen-bond donors (Lipinski definition) is 1. The smallest absolute Gasteiger partial charge is 0.317 e. The van der Waals surface area contributed by atoms with Crippen molar-refractivity contribution in [3.05, 3.63) is 23.8 Å². The van der Waals surface area contributed by atoms with Crippen LogP contribution in [0.25, 0.3) is 0 Å². The van der Waals surface area contributed by atoms with Crippen LogP contribution in [0.4, 0.5) is 4.79 Å². The molecule has 4 rings (SSSR count). The maximum atomic E-state index is 12.6. The highest BCUT2D eigenvalue weighted by Crippen LogP contribution is 2.38. The highest BCUT2D eigenvalue weighted by Gasteiger charge is 2.31. The highest BCUT2D eigenvalue weighted by molar-refractivity contribution is 5.75. The Balaban J connectivity index is 1.43. The summed E-state index contributed by atoms with van der Waals surface area (Å²) in [7, 11) is 0. The van der Waals surface area contributed by atoms with Crippen molar-refractivity contribution in [2.75, 3.05) is 39.5 Å². The standard InChI is InChI=1S/C18H24N2O4/c21-18(19-11-13-5-7-22-12-13)20-6-1-2-15(20)14-3-4-16-17(10-14)24-9-8-23-16/h3-4,10,13,15H,1-2,5-9,11-12H2,(H,19,21)/t13-,15+/m0/s1. The Morgan fingerprint density at radius 1 is 1.17 bits per heavy atom. The summed E-state index contributed by atoms with van der Waals surface area (Å²) in [5.74, 6) is 2.03. The Hall–Kier alpha value is -1.95. The van der Waals surface area contributed by atoms with Gasteiger partial charge in [0.25, 0.3) is 0 Å². The van der Waals surface area contributed by atoms with E-state index >= 15 is 0 Å². The van der Waals surface area contributed by atoms with Gasteiger partial charge in [-0.15, -0.1) is 0 Å². The van der Waals surface area contributed by atoms with Gasteiger partial charge in [0, 0.05) is 25.6 Å². The third-order valence-electron chi connectivity index (χ3n) is 5.03. The van der Waals surface area contributed by atoms with Crippen LogP contribution in [-0.2, 0) is 4.74 Å². The van der Waals surface area contributed by atoms with Crippen LogP contribution in [0.1, 0.15) is 30.9 Å². The lowest BCUT2D eigenvalue weighted by molar-refractivity contribution is 0.170. The molecule has 2 amide bonds. The second kappa shape index (κ2) is 6.89. The summed E-state index contributed by atoms with van der Waals surface area (Å²) in [4.78, 5) is 14.5. The van der Waals surface area contributed by atoms with E-state index in [1.165, 1.54) is 0 Å². The van der Waals surface area contributed by atoms with Gasteiger partial charge in [-0.25, -0.2) is 4.79 Å². The molecular weight excluding hydrogens is 308 g/mol. The van der Waals surface area contributed by atoms with E-state index in [1.807, 2.05) is 17.0 Å². The number of benzene rings is 1. The molecule has 0 aromatic heterocycles.